The van der Waals surface area contributed by atoms with Crippen molar-refractivity contribution in [2.24, 2.45) is 0 Å². The Morgan fingerprint density at radius 2 is 1.23 bits per heavy atom. The molecule has 0 fully saturated rings. The number of fused-ring (bicyclic) bond motifs is 3. The molecule has 0 aliphatic heterocycles. The summed E-state index contributed by atoms with van der Waals surface area (Å²) in [4.78, 5) is 4.86. The van der Waals surface area contributed by atoms with Crippen molar-refractivity contribution < 1.29 is 25.8 Å². The molecule has 0 unspecified atom stereocenters. The fourth-order valence-corrected chi connectivity index (χ4v) is 8.25. The first-order chi connectivity index (χ1) is 28.6. The summed E-state index contributed by atoms with van der Waals surface area (Å²) in [5.74, 6) is 2.60. The van der Waals surface area contributed by atoms with Crippen molar-refractivity contribution in [3.63, 3.8) is 0 Å². The third kappa shape index (κ3) is 7.52. The summed E-state index contributed by atoms with van der Waals surface area (Å²) in [7, 11) is 0. The van der Waals surface area contributed by atoms with Crippen LogP contribution in [0.25, 0.3) is 67.0 Å². The van der Waals surface area contributed by atoms with Crippen molar-refractivity contribution in [1.82, 2.24) is 19.3 Å². The molecule has 3 aromatic heterocycles. The van der Waals surface area contributed by atoms with Crippen LogP contribution in [-0.2, 0) is 26.5 Å². The molecule has 0 radical (unpaired) electrons. The second kappa shape index (κ2) is 16.6. The predicted molar refractivity (Wildman–Crippen MR) is 243 cm³/mol. The molecule has 0 aliphatic carbocycles. The van der Waals surface area contributed by atoms with Crippen LogP contribution in [0.5, 0.6) is 11.5 Å². The van der Waals surface area contributed by atoms with Crippen molar-refractivity contribution in [2.75, 3.05) is 0 Å². The summed E-state index contributed by atoms with van der Waals surface area (Å²) in [5.41, 5.74) is 13.0. The first-order valence-corrected chi connectivity index (χ1v) is 20.6. The quantitative estimate of drug-likeness (QED) is 0.135. The molecule has 60 heavy (non-hydrogen) atoms. The van der Waals surface area contributed by atoms with E-state index in [9.17, 15) is 0 Å². The van der Waals surface area contributed by atoms with Gasteiger partial charge in [0.25, 0.3) is 0 Å². The monoisotopic (exact) mass is 963 g/mol. The Morgan fingerprint density at radius 3 is 1.92 bits per heavy atom. The molecular weight excluding hydrogens is 916 g/mol. The van der Waals surface area contributed by atoms with E-state index in [2.05, 4.69) is 197 Å². The number of rotatable bonds is 9. The molecule has 5 nitrogen and oxygen atoms in total. The van der Waals surface area contributed by atoms with Crippen LogP contribution in [0.15, 0.2) is 152 Å². The number of hydrogen-bond acceptors (Lipinski definition) is 3. The summed E-state index contributed by atoms with van der Waals surface area (Å²) in [6, 6.07) is 58.0. The Kier molecular flexibility index (Phi) is 11.2. The average Bonchev–Trinajstić information content (AvgIpc) is 3.80. The van der Waals surface area contributed by atoms with E-state index in [4.69, 9.17) is 14.8 Å². The number of benzene rings is 6. The molecule has 0 N–H and O–H groups in total. The van der Waals surface area contributed by atoms with Crippen LogP contribution in [-0.4, -0.2) is 19.3 Å². The van der Waals surface area contributed by atoms with Gasteiger partial charge in [-0.2, -0.15) is 17.2 Å². The number of pyridine rings is 1. The van der Waals surface area contributed by atoms with E-state index in [0.29, 0.717) is 23.3 Å². The first kappa shape index (κ1) is 40.7. The third-order valence-electron chi connectivity index (χ3n) is 11.2. The predicted octanol–water partition coefficient (Wildman–Crippen LogP) is 14.3. The van der Waals surface area contributed by atoms with Crippen LogP contribution in [0.3, 0.4) is 0 Å². The van der Waals surface area contributed by atoms with E-state index < -0.39 is 0 Å². The van der Waals surface area contributed by atoms with Gasteiger partial charge in [-0.1, -0.05) is 151 Å². The molecule has 0 bridgehead atoms. The van der Waals surface area contributed by atoms with Gasteiger partial charge in [0.05, 0.1) is 5.69 Å². The molecule has 9 rings (SSSR count). The third-order valence-corrected chi connectivity index (χ3v) is 11.2. The van der Waals surface area contributed by atoms with Crippen LogP contribution >= 0.6 is 0 Å². The van der Waals surface area contributed by atoms with Gasteiger partial charge in [0.15, 0.2) is 0 Å². The Hall–Kier alpha value is -6.03. The standard InChI is InChI=1S/C54H48N4O.Pt/c1-35(2)43-25-17-26-44(36(3)4)50(43)51-52(37-18-10-8-11-19-37)56-58(53(51)38-20-12-9-13-21-38)40-22-16-23-41(33-40)59-42-28-29-46-45-24-14-15-27-47(45)57(48(46)34-42)49-32-39(30-31-55-49)54(5,6)7;/h8-32,35-36H,1-7H3;/q-2;+2. The zero-order chi connectivity index (χ0) is 40.8. The van der Waals surface area contributed by atoms with Gasteiger partial charge in [-0.05, 0) is 68.8 Å². The van der Waals surface area contributed by atoms with Gasteiger partial charge in [-0.3, -0.25) is 4.68 Å². The Morgan fingerprint density at radius 1 is 0.600 bits per heavy atom. The zero-order valence-corrected chi connectivity index (χ0v) is 37.4. The second-order valence-corrected chi connectivity index (χ2v) is 16.9. The number of aromatic nitrogens is 4. The van der Waals surface area contributed by atoms with Gasteiger partial charge in [0.1, 0.15) is 11.5 Å². The van der Waals surface area contributed by atoms with Crippen molar-refractivity contribution in [2.45, 2.75) is 65.7 Å². The fourth-order valence-electron chi connectivity index (χ4n) is 8.25. The van der Waals surface area contributed by atoms with Crippen LogP contribution in [0, 0.1) is 12.1 Å². The topological polar surface area (TPSA) is 44.9 Å². The molecule has 6 heteroatoms. The first-order valence-electron chi connectivity index (χ1n) is 20.6. The maximum atomic E-state index is 6.68. The van der Waals surface area contributed by atoms with Crippen LogP contribution in [0.4, 0.5) is 0 Å². The minimum Gasteiger partial charge on any atom is -0.509 e. The molecule has 0 spiro atoms. The maximum absolute atomic E-state index is 6.68. The Labute approximate surface area is 368 Å². The van der Waals surface area contributed by atoms with Crippen molar-refractivity contribution >= 4 is 21.8 Å². The normalized spacial score (nSPS) is 11.8. The molecule has 0 saturated heterocycles. The Bertz CT molecular complexity index is 2930. The molecule has 0 aliphatic rings. The van der Waals surface area contributed by atoms with Crippen molar-refractivity contribution in [3.8, 4) is 56.6 Å². The number of hydrogen-bond donors (Lipinski definition) is 0. The number of ether oxygens (including phenoxy) is 1. The van der Waals surface area contributed by atoms with E-state index >= 15 is 0 Å². The molecule has 300 valence electrons. The van der Waals surface area contributed by atoms with E-state index in [-0.39, 0.29) is 26.5 Å². The molecule has 3 heterocycles. The summed E-state index contributed by atoms with van der Waals surface area (Å²) in [5, 5.41) is 7.72. The molecule has 6 aromatic carbocycles. The van der Waals surface area contributed by atoms with Crippen LogP contribution in [0.1, 0.15) is 77.0 Å². The van der Waals surface area contributed by atoms with Crippen LogP contribution in [0.2, 0.25) is 0 Å². The van der Waals surface area contributed by atoms with E-state index in [0.717, 1.165) is 61.4 Å². The van der Waals surface area contributed by atoms with Gasteiger partial charge in [0.2, 0.25) is 0 Å². The number of para-hydroxylation sites is 1. The summed E-state index contributed by atoms with van der Waals surface area (Å²) < 4.78 is 10.9. The van der Waals surface area contributed by atoms with Crippen LogP contribution < -0.4 is 4.74 Å². The van der Waals surface area contributed by atoms with Crippen molar-refractivity contribution in [1.29, 1.82) is 0 Å². The Balaban J connectivity index is 0.00000499. The van der Waals surface area contributed by atoms with E-state index in [1.165, 1.54) is 22.3 Å². The summed E-state index contributed by atoms with van der Waals surface area (Å²) in [6.45, 7) is 15.8. The zero-order valence-electron chi connectivity index (χ0n) is 35.1. The largest absolute Gasteiger partial charge is 2.00 e. The van der Waals surface area contributed by atoms with Gasteiger partial charge >= 0.3 is 21.1 Å². The van der Waals surface area contributed by atoms with Gasteiger partial charge in [0, 0.05) is 39.9 Å². The minimum atomic E-state index is -0.0264. The molecule has 0 atom stereocenters. The van der Waals surface area contributed by atoms with Gasteiger partial charge in [-0.15, -0.1) is 35.7 Å². The molecular formula is C54H48N4OPt. The minimum absolute atomic E-state index is 0. The summed E-state index contributed by atoms with van der Waals surface area (Å²) >= 11 is 0. The van der Waals surface area contributed by atoms with E-state index in [1.54, 1.807) is 0 Å². The van der Waals surface area contributed by atoms with Gasteiger partial charge < -0.3 is 9.30 Å². The molecule has 0 saturated carbocycles. The molecule has 9 aromatic rings. The smallest absolute Gasteiger partial charge is 0.509 e. The average molecular weight is 964 g/mol. The SMILES string of the molecule is CC(C)c1cccc(C(C)C)c1-c1c(-c2ccccc2)nn(-c2[c-]c(Oc3[c-]c4c(cc3)c3ccccc3n4-c3cc(C(C)(C)C)ccn3)ccc2)c1-c1ccccc1.[Pt+2]. The molecule has 0 amide bonds. The van der Waals surface area contributed by atoms with Gasteiger partial charge in [-0.25, -0.2) is 4.98 Å². The summed E-state index contributed by atoms with van der Waals surface area (Å²) in [6.07, 6.45) is 1.90. The van der Waals surface area contributed by atoms with Crippen molar-refractivity contribution in [3.05, 3.63) is 181 Å². The number of nitrogens with zero attached hydrogens (tertiary/aromatic N) is 4. The van der Waals surface area contributed by atoms with E-state index in [1.807, 2.05) is 24.4 Å². The maximum Gasteiger partial charge on any atom is 2.00 e. The fraction of sp³-hybridized carbons (Fsp3) is 0.185. The second-order valence-electron chi connectivity index (χ2n) is 16.9.